The number of anilines is 1. The van der Waals surface area contributed by atoms with Gasteiger partial charge < -0.3 is 15.0 Å². The van der Waals surface area contributed by atoms with Crippen LogP contribution < -0.4 is 10.2 Å². The summed E-state index contributed by atoms with van der Waals surface area (Å²) >= 11 is 1.77. The number of thiazole rings is 1. The van der Waals surface area contributed by atoms with E-state index < -0.39 is 0 Å². The van der Waals surface area contributed by atoms with Crippen molar-refractivity contribution in [3.8, 4) is 0 Å². The van der Waals surface area contributed by atoms with Gasteiger partial charge in [-0.1, -0.05) is 6.92 Å². The first-order valence-electron chi connectivity index (χ1n) is 6.43. The minimum Gasteiger partial charge on any atom is -0.383 e. The first kappa shape index (κ1) is 15.4. The summed E-state index contributed by atoms with van der Waals surface area (Å²) in [6, 6.07) is 0.704. The quantitative estimate of drug-likeness (QED) is 0.827. The van der Waals surface area contributed by atoms with E-state index in [1.165, 1.54) is 4.88 Å². The van der Waals surface area contributed by atoms with Crippen LogP contribution in [-0.4, -0.2) is 38.3 Å². The fraction of sp³-hybridized carbons (Fsp3) is 0.769. The standard InChI is InChI=1S/C13H25N3OS/c1-7-14-10(3)12-11(4)15-13(18-12)16(5)9(2)8-17-6/h9-10,14H,7-8H2,1-6H3. The molecule has 1 aromatic heterocycles. The molecule has 4 nitrogen and oxygen atoms in total. The molecular weight excluding hydrogens is 246 g/mol. The van der Waals surface area contributed by atoms with E-state index in [1.54, 1.807) is 18.4 Å². The zero-order valence-electron chi connectivity index (χ0n) is 12.3. The van der Waals surface area contributed by atoms with Gasteiger partial charge in [-0.15, -0.1) is 11.3 Å². The summed E-state index contributed by atoms with van der Waals surface area (Å²) in [6.07, 6.45) is 0. The molecule has 0 radical (unpaired) electrons. The summed E-state index contributed by atoms with van der Waals surface area (Å²) in [4.78, 5) is 8.17. The molecule has 0 saturated carbocycles. The summed E-state index contributed by atoms with van der Waals surface area (Å²) < 4.78 is 5.19. The minimum atomic E-state index is 0.336. The molecule has 0 aliphatic heterocycles. The molecule has 1 rings (SSSR count). The number of aromatic nitrogens is 1. The number of hydrogen-bond acceptors (Lipinski definition) is 5. The third-order valence-electron chi connectivity index (χ3n) is 3.10. The summed E-state index contributed by atoms with van der Waals surface area (Å²) in [5, 5.41) is 4.50. The molecule has 2 atom stereocenters. The van der Waals surface area contributed by atoms with Crippen molar-refractivity contribution in [3.05, 3.63) is 10.6 Å². The lowest BCUT2D eigenvalue weighted by molar-refractivity contribution is 0.183. The maximum absolute atomic E-state index is 5.19. The monoisotopic (exact) mass is 271 g/mol. The van der Waals surface area contributed by atoms with Gasteiger partial charge in [0.1, 0.15) is 0 Å². The molecule has 104 valence electrons. The second-order valence-corrected chi connectivity index (χ2v) is 5.65. The van der Waals surface area contributed by atoms with Crippen LogP contribution in [0.15, 0.2) is 0 Å². The van der Waals surface area contributed by atoms with E-state index in [0.717, 1.165) is 17.4 Å². The maximum Gasteiger partial charge on any atom is 0.185 e. The van der Waals surface area contributed by atoms with Crippen LogP contribution in [0, 0.1) is 6.92 Å². The molecule has 0 amide bonds. The molecule has 0 aliphatic carbocycles. The van der Waals surface area contributed by atoms with E-state index in [4.69, 9.17) is 4.74 Å². The lowest BCUT2D eigenvalue weighted by Crippen LogP contribution is -2.32. The Morgan fingerprint density at radius 2 is 2.11 bits per heavy atom. The Labute approximate surface area is 114 Å². The number of likely N-dealkylation sites (N-methyl/N-ethyl adjacent to an activating group) is 1. The van der Waals surface area contributed by atoms with Gasteiger partial charge >= 0.3 is 0 Å². The maximum atomic E-state index is 5.19. The number of ether oxygens (including phenoxy) is 1. The van der Waals surface area contributed by atoms with Gasteiger partial charge in [-0.3, -0.25) is 0 Å². The van der Waals surface area contributed by atoms with E-state index in [2.05, 4.69) is 49.9 Å². The van der Waals surface area contributed by atoms with Gasteiger partial charge in [-0.25, -0.2) is 4.98 Å². The molecular formula is C13H25N3OS. The van der Waals surface area contributed by atoms with Crippen LogP contribution in [-0.2, 0) is 4.74 Å². The second-order valence-electron chi connectivity index (χ2n) is 4.64. The highest BCUT2D eigenvalue weighted by atomic mass is 32.1. The van der Waals surface area contributed by atoms with Crippen LogP contribution in [0.25, 0.3) is 0 Å². The van der Waals surface area contributed by atoms with E-state index >= 15 is 0 Å². The Morgan fingerprint density at radius 3 is 2.67 bits per heavy atom. The van der Waals surface area contributed by atoms with Gasteiger partial charge in [-0.05, 0) is 27.3 Å². The van der Waals surface area contributed by atoms with Crippen LogP contribution in [0.5, 0.6) is 0 Å². The Kier molecular flexibility index (Phi) is 6.05. The van der Waals surface area contributed by atoms with Crippen molar-refractivity contribution in [2.45, 2.75) is 39.8 Å². The zero-order valence-corrected chi connectivity index (χ0v) is 13.1. The topological polar surface area (TPSA) is 37.4 Å². The van der Waals surface area contributed by atoms with Crippen molar-refractivity contribution >= 4 is 16.5 Å². The molecule has 0 aromatic carbocycles. The third kappa shape index (κ3) is 3.67. The van der Waals surface area contributed by atoms with Gasteiger partial charge in [0.05, 0.1) is 18.3 Å². The fourth-order valence-electron chi connectivity index (χ4n) is 1.89. The summed E-state index contributed by atoms with van der Waals surface area (Å²) in [5.74, 6) is 0. The number of methoxy groups -OCH3 is 1. The lowest BCUT2D eigenvalue weighted by Gasteiger charge is -2.23. The van der Waals surface area contributed by atoms with E-state index in [0.29, 0.717) is 18.7 Å². The van der Waals surface area contributed by atoms with Crippen molar-refractivity contribution in [1.82, 2.24) is 10.3 Å². The Bertz CT molecular complexity index is 367. The molecule has 18 heavy (non-hydrogen) atoms. The predicted molar refractivity (Wildman–Crippen MR) is 78.7 cm³/mol. The molecule has 1 N–H and O–H groups in total. The number of nitrogens with zero attached hydrogens (tertiary/aromatic N) is 2. The second kappa shape index (κ2) is 7.07. The van der Waals surface area contributed by atoms with Gasteiger partial charge in [0, 0.05) is 25.1 Å². The molecule has 0 bridgehead atoms. The Balaban J connectivity index is 2.82. The Morgan fingerprint density at radius 1 is 1.44 bits per heavy atom. The van der Waals surface area contributed by atoms with Crippen LogP contribution >= 0.6 is 11.3 Å². The van der Waals surface area contributed by atoms with Crippen molar-refractivity contribution in [2.24, 2.45) is 0 Å². The highest BCUT2D eigenvalue weighted by molar-refractivity contribution is 7.15. The molecule has 1 heterocycles. The zero-order chi connectivity index (χ0) is 13.7. The average Bonchev–Trinajstić information content (AvgIpc) is 2.71. The van der Waals surface area contributed by atoms with Crippen LogP contribution in [0.2, 0.25) is 0 Å². The molecule has 0 aliphatic rings. The van der Waals surface area contributed by atoms with E-state index in [1.807, 2.05) is 0 Å². The SMILES string of the molecule is CCNC(C)c1sc(N(C)C(C)COC)nc1C. The first-order chi connectivity index (χ1) is 8.51. The predicted octanol–water partition coefficient (Wildman–Crippen LogP) is 2.59. The van der Waals surface area contributed by atoms with E-state index in [9.17, 15) is 0 Å². The van der Waals surface area contributed by atoms with Crippen molar-refractivity contribution in [3.63, 3.8) is 0 Å². The van der Waals surface area contributed by atoms with Crippen LogP contribution in [0.3, 0.4) is 0 Å². The van der Waals surface area contributed by atoms with E-state index in [-0.39, 0.29) is 0 Å². The van der Waals surface area contributed by atoms with Crippen molar-refractivity contribution in [1.29, 1.82) is 0 Å². The smallest absolute Gasteiger partial charge is 0.185 e. The number of nitrogens with one attached hydrogen (secondary N) is 1. The third-order valence-corrected chi connectivity index (χ3v) is 4.53. The fourth-order valence-corrected chi connectivity index (χ4v) is 3.04. The minimum absolute atomic E-state index is 0.336. The molecule has 1 aromatic rings. The van der Waals surface area contributed by atoms with Crippen molar-refractivity contribution < 1.29 is 4.74 Å². The normalized spacial score (nSPS) is 14.6. The molecule has 0 spiro atoms. The van der Waals surface area contributed by atoms with Crippen LogP contribution in [0.4, 0.5) is 5.13 Å². The Hall–Kier alpha value is -0.650. The largest absolute Gasteiger partial charge is 0.383 e. The van der Waals surface area contributed by atoms with Gasteiger partial charge in [-0.2, -0.15) is 0 Å². The van der Waals surface area contributed by atoms with Crippen molar-refractivity contribution in [2.75, 3.05) is 32.2 Å². The van der Waals surface area contributed by atoms with Gasteiger partial charge in [0.2, 0.25) is 0 Å². The highest BCUT2D eigenvalue weighted by Crippen LogP contribution is 2.30. The summed E-state index contributed by atoms with van der Waals surface area (Å²) in [7, 11) is 3.81. The molecule has 5 heteroatoms. The molecule has 0 fully saturated rings. The summed E-state index contributed by atoms with van der Waals surface area (Å²) in [6.45, 7) is 10.2. The lowest BCUT2D eigenvalue weighted by atomic mass is 10.2. The van der Waals surface area contributed by atoms with Gasteiger partial charge in [0.25, 0.3) is 0 Å². The number of rotatable bonds is 7. The van der Waals surface area contributed by atoms with Crippen LogP contribution in [0.1, 0.15) is 37.4 Å². The highest BCUT2D eigenvalue weighted by Gasteiger charge is 2.18. The number of hydrogen-bond donors (Lipinski definition) is 1. The average molecular weight is 271 g/mol. The molecule has 2 unspecified atom stereocenters. The number of aryl methyl sites for hydroxylation is 1. The molecule has 0 saturated heterocycles. The van der Waals surface area contributed by atoms with Gasteiger partial charge in [0.15, 0.2) is 5.13 Å². The summed E-state index contributed by atoms with van der Waals surface area (Å²) in [5.41, 5.74) is 1.12. The first-order valence-corrected chi connectivity index (χ1v) is 7.25.